The number of fused-ring (bicyclic) bond motifs is 1. The number of carbonyl (C=O) groups is 1. The molecule has 3 heterocycles. The van der Waals surface area contributed by atoms with E-state index in [1.165, 1.54) is 24.6 Å². The summed E-state index contributed by atoms with van der Waals surface area (Å²) in [5, 5.41) is 4.06. The van der Waals surface area contributed by atoms with Crippen molar-refractivity contribution in [3.8, 4) is 0 Å². The largest absolute Gasteiger partial charge is 0.459 e. The number of benzene rings is 1. The lowest BCUT2D eigenvalue weighted by Gasteiger charge is -2.40. The van der Waals surface area contributed by atoms with Gasteiger partial charge in [-0.05, 0) is 31.9 Å². The highest BCUT2D eigenvalue weighted by atomic mass is 32.2. The molecule has 0 saturated carbocycles. The molecule has 4 rings (SSSR count). The van der Waals surface area contributed by atoms with Gasteiger partial charge in [0.25, 0.3) is 0 Å². The number of thioether (sulfide) groups is 1. The normalized spacial score (nSPS) is 20.1. The van der Waals surface area contributed by atoms with Crippen molar-refractivity contribution in [3.05, 3.63) is 30.0 Å². The molecule has 2 aliphatic heterocycles. The number of furan rings is 1. The lowest BCUT2D eigenvalue weighted by Crippen LogP contribution is -2.49. The Morgan fingerprint density at radius 3 is 2.72 bits per heavy atom. The van der Waals surface area contributed by atoms with E-state index in [9.17, 15) is 4.79 Å². The van der Waals surface area contributed by atoms with E-state index in [1.807, 2.05) is 47.9 Å². The third-order valence-corrected chi connectivity index (χ3v) is 6.17. The van der Waals surface area contributed by atoms with Gasteiger partial charge in [-0.25, -0.2) is 4.79 Å². The molecule has 1 aromatic heterocycles. The van der Waals surface area contributed by atoms with Gasteiger partial charge in [0.2, 0.25) is 0 Å². The zero-order chi connectivity index (χ0) is 17.2. The fraction of sp³-hybridized carbons (Fsp3) is 0.526. The monoisotopic (exact) mass is 359 g/mol. The molecule has 1 N–H and O–H groups in total. The van der Waals surface area contributed by atoms with Crippen molar-refractivity contribution in [1.29, 1.82) is 0 Å². The minimum absolute atomic E-state index is 0.0193. The summed E-state index contributed by atoms with van der Waals surface area (Å²) in [6.07, 6.45) is 2.14. The molecule has 0 bridgehead atoms. The van der Waals surface area contributed by atoms with E-state index in [0.29, 0.717) is 6.04 Å². The number of hydrogen-bond donors (Lipinski definition) is 1. The van der Waals surface area contributed by atoms with Crippen LogP contribution in [0.2, 0.25) is 0 Å². The molecule has 2 aliphatic rings. The smallest absolute Gasteiger partial charge is 0.321 e. The van der Waals surface area contributed by atoms with Crippen molar-refractivity contribution < 1.29 is 9.21 Å². The summed E-state index contributed by atoms with van der Waals surface area (Å²) in [6.45, 7) is 5.97. The maximum Gasteiger partial charge on any atom is 0.321 e. The SMILES string of the molecule is Cc1cc2cccc(NC(=O)N3CCC(N4CCSCC4)CC3)c2o1. The fourth-order valence-corrected chi connectivity index (χ4v) is 4.79. The summed E-state index contributed by atoms with van der Waals surface area (Å²) in [5.41, 5.74) is 1.51. The number of nitrogens with one attached hydrogen (secondary N) is 1. The maximum atomic E-state index is 12.7. The van der Waals surface area contributed by atoms with Gasteiger partial charge >= 0.3 is 6.03 Å². The third kappa shape index (κ3) is 3.65. The molecule has 5 nitrogen and oxygen atoms in total. The Balaban J connectivity index is 1.37. The molecule has 0 atom stereocenters. The first-order valence-electron chi connectivity index (χ1n) is 9.07. The van der Waals surface area contributed by atoms with Crippen LogP contribution in [0.15, 0.2) is 28.7 Å². The first-order valence-corrected chi connectivity index (χ1v) is 10.2. The Bertz CT molecular complexity index is 746. The number of piperidine rings is 1. The van der Waals surface area contributed by atoms with E-state index in [1.54, 1.807) is 0 Å². The Labute approximate surface area is 152 Å². The number of carbonyl (C=O) groups excluding carboxylic acids is 1. The van der Waals surface area contributed by atoms with Crippen LogP contribution in [0.3, 0.4) is 0 Å². The highest BCUT2D eigenvalue weighted by Crippen LogP contribution is 2.27. The molecule has 134 valence electrons. The number of para-hydroxylation sites is 1. The minimum Gasteiger partial charge on any atom is -0.459 e. The van der Waals surface area contributed by atoms with E-state index in [2.05, 4.69) is 10.2 Å². The van der Waals surface area contributed by atoms with Crippen molar-refractivity contribution in [2.45, 2.75) is 25.8 Å². The Hall–Kier alpha value is -1.66. The van der Waals surface area contributed by atoms with E-state index in [4.69, 9.17) is 4.42 Å². The molecular weight excluding hydrogens is 334 g/mol. The second-order valence-corrected chi connectivity index (χ2v) is 8.10. The van der Waals surface area contributed by atoms with Gasteiger partial charge in [-0.15, -0.1) is 0 Å². The third-order valence-electron chi connectivity index (χ3n) is 5.22. The molecule has 2 amide bonds. The average molecular weight is 359 g/mol. The van der Waals surface area contributed by atoms with Crippen molar-refractivity contribution in [1.82, 2.24) is 9.80 Å². The lowest BCUT2D eigenvalue weighted by atomic mass is 10.0. The standard InChI is InChI=1S/C19H25N3O2S/c1-14-13-15-3-2-4-17(18(15)24-14)20-19(23)22-7-5-16(6-8-22)21-9-11-25-12-10-21/h2-4,13,16H,5-12H2,1H3,(H,20,23). The second-order valence-electron chi connectivity index (χ2n) is 6.88. The van der Waals surface area contributed by atoms with Gasteiger partial charge in [0.05, 0.1) is 5.69 Å². The molecule has 0 aliphatic carbocycles. The first-order chi connectivity index (χ1) is 12.2. The van der Waals surface area contributed by atoms with Crippen LogP contribution in [0, 0.1) is 6.92 Å². The van der Waals surface area contributed by atoms with Crippen LogP contribution >= 0.6 is 11.8 Å². The topological polar surface area (TPSA) is 48.7 Å². The molecule has 2 aromatic rings. The first kappa shape index (κ1) is 16.8. The van der Waals surface area contributed by atoms with Crippen LogP contribution in [-0.4, -0.2) is 59.6 Å². The van der Waals surface area contributed by atoms with Crippen LogP contribution in [0.4, 0.5) is 10.5 Å². The molecule has 6 heteroatoms. The van der Waals surface area contributed by atoms with Crippen LogP contribution in [0.1, 0.15) is 18.6 Å². The van der Waals surface area contributed by atoms with Gasteiger partial charge < -0.3 is 14.6 Å². The number of likely N-dealkylation sites (tertiary alicyclic amines) is 1. The van der Waals surface area contributed by atoms with E-state index in [0.717, 1.165) is 48.3 Å². The van der Waals surface area contributed by atoms with E-state index >= 15 is 0 Å². The number of urea groups is 1. The van der Waals surface area contributed by atoms with Gasteiger partial charge in [0, 0.05) is 49.1 Å². The van der Waals surface area contributed by atoms with Gasteiger partial charge in [0.1, 0.15) is 5.76 Å². The lowest BCUT2D eigenvalue weighted by molar-refractivity contribution is 0.130. The molecular formula is C19H25N3O2S. The van der Waals surface area contributed by atoms with Gasteiger partial charge in [0.15, 0.2) is 5.58 Å². The molecule has 0 spiro atoms. The van der Waals surface area contributed by atoms with Crippen molar-refractivity contribution in [2.24, 2.45) is 0 Å². The molecule has 1 aromatic carbocycles. The van der Waals surface area contributed by atoms with Crippen LogP contribution in [0.25, 0.3) is 11.0 Å². The summed E-state index contributed by atoms with van der Waals surface area (Å²) in [6, 6.07) is 8.47. The molecule has 2 saturated heterocycles. The maximum absolute atomic E-state index is 12.7. The fourth-order valence-electron chi connectivity index (χ4n) is 3.86. The number of nitrogens with zero attached hydrogens (tertiary/aromatic N) is 2. The molecule has 0 unspecified atom stereocenters. The van der Waals surface area contributed by atoms with Crippen molar-refractivity contribution in [2.75, 3.05) is 43.0 Å². The second kappa shape index (κ2) is 7.30. The minimum atomic E-state index is -0.0193. The Morgan fingerprint density at radius 1 is 1.20 bits per heavy atom. The Morgan fingerprint density at radius 2 is 1.96 bits per heavy atom. The quantitative estimate of drug-likeness (QED) is 0.886. The van der Waals surface area contributed by atoms with E-state index < -0.39 is 0 Å². The number of aryl methyl sites for hydroxylation is 1. The summed E-state index contributed by atoms with van der Waals surface area (Å²) in [5.74, 6) is 3.35. The zero-order valence-corrected chi connectivity index (χ0v) is 15.5. The predicted molar refractivity (Wildman–Crippen MR) is 103 cm³/mol. The van der Waals surface area contributed by atoms with Crippen LogP contribution in [0.5, 0.6) is 0 Å². The molecule has 2 fully saturated rings. The molecule has 25 heavy (non-hydrogen) atoms. The number of hydrogen-bond acceptors (Lipinski definition) is 4. The number of anilines is 1. The van der Waals surface area contributed by atoms with Gasteiger partial charge in [-0.2, -0.15) is 11.8 Å². The van der Waals surface area contributed by atoms with Crippen LogP contribution in [-0.2, 0) is 0 Å². The van der Waals surface area contributed by atoms with Crippen molar-refractivity contribution >= 4 is 34.4 Å². The summed E-state index contributed by atoms with van der Waals surface area (Å²) >= 11 is 2.05. The molecule has 0 radical (unpaired) electrons. The summed E-state index contributed by atoms with van der Waals surface area (Å²) in [4.78, 5) is 17.2. The van der Waals surface area contributed by atoms with Gasteiger partial charge in [-0.1, -0.05) is 12.1 Å². The number of rotatable bonds is 2. The van der Waals surface area contributed by atoms with Gasteiger partial charge in [-0.3, -0.25) is 4.90 Å². The highest BCUT2D eigenvalue weighted by Gasteiger charge is 2.28. The van der Waals surface area contributed by atoms with E-state index in [-0.39, 0.29) is 6.03 Å². The zero-order valence-electron chi connectivity index (χ0n) is 14.7. The van der Waals surface area contributed by atoms with Crippen LogP contribution < -0.4 is 5.32 Å². The summed E-state index contributed by atoms with van der Waals surface area (Å²) in [7, 11) is 0. The highest BCUT2D eigenvalue weighted by molar-refractivity contribution is 7.99. The van der Waals surface area contributed by atoms with Crippen molar-refractivity contribution in [3.63, 3.8) is 0 Å². The predicted octanol–water partition coefficient (Wildman–Crippen LogP) is 3.79. The summed E-state index contributed by atoms with van der Waals surface area (Å²) < 4.78 is 5.74. The Kier molecular flexibility index (Phi) is 4.90. The number of amides is 2. The average Bonchev–Trinajstić information content (AvgIpc) is 3.04.